The van der Waals surface area contributed by atoms with Crippen LogP contribution in [0.2, 0.25) is 5.02 Å². The third-order valence-corrected chi connectivity index (χ3v) is 5.29. The Morgan fingerprint density at radius 1 is 1.07 bits per heavy atom. The second kappa shape index (κ2) is 7.38. The average Bonchev–Trinajstić information content (AvgIpc) is 3.08. The number of hydrogen-bond donors (Lipinski definition) is 3. The van der Waals surface area contributed by atoms with Gasteiger partial charge in [-0.05, 0) is 36.2 Å². The predicted molar refractivity (Wildman–Crippen MR) is 113 cm³/mol. The monoisotopic (exact) mass is 396 g/mol. The Labute approximate surface area is 165 Å². The van der Waals surface area contributed by atoms with E-state index in [9.17, 15) is 0 Å². The summed E-state index contributed by atoms with van der Waals surface area (Å²) in [7, 11) is 0. The summed E-state index contributed by atoms with van der Waals surface area (Å²) in [5.74, 6) is 1.10. The standard InChI is InChI=1S/C19H17ClN6S/c1-11-3-2-4-14-16(11)25-19(27-14)26-18-15(21)17(23-10-24-18)22-9-12-5-7-13(20)8-6-12/h2-8,10H,9,21H2,1H3,(H2,22,23,24,25,26). The van der Waals surface area contributed by atoms with Crippen molar-refractivity contribution in [2.24, 2.45) is 0 Å². The van der Waals surface area contributed by atoms with Crippen LogP contribution in [0.15, 0.2) is 48.8 Å². The number of thiazole rings is 1. The number of aryl methyl sites for hydroxylation is 1. The lowest BCUT2D eigenvalue weighted by Crippen LogP contribution is -2.08. The van der Waals surface area contributed by atoms with Gasteiger partial charge in [0.05, 0.1) is 10.2 Å². The Kier molecular flexibility index (Phi) is 4.79. The van der Waals surface area contributed by atoms with Crippen molar-refractivity contribution in [3.05, 3.63) is 64.9 Å². The first kappa shape index (κ1) is 17.5. The van der Waals surface area contributed by atoms with E-state index in [-0.39, 0.29) is 0 Å². The number of nitrogen functional groups attached to an aromatic ring is 1. The number of rotatable bonds is 5. The van der Waals surface area contributed by atoms with Crippen LogP contribution in [-0.2, 0) is 6.54 Å². The first-order valence-corrected chi connectivity index (χ1v) is 9.51. The van der Waals surface area contributed by atoms with E-state index in [0.717, 1.165) is 26.5 Å². The number of para-hydroxylation sites is 1. The second-order valence-corrected chi connectivity index (χ2v) is 7.50. The maximum Gasteiger partial charge on any atom is 0.189 e. The molecule has 0 radical (unpaired) electrons. The molecular weight excluding hydrogens is 380 g/mol. The fourth-order valence-electron chi connectivity index (χ4n) is 2.67. The Morgan fingerprint density at radius 3 is 2.63 bits per heavy atom. The molecule has 0 saturated heterocycles. The van der Waals surface area contributed by atoms with Crippen molar-refractivity contribution in [3.63, 3.8) is 0 Å². The maximum atomic E-state index is 6.25. The first-order chi connectivity index (χ1) is 13.1. The van der Waals surface area contributed by atoms with Crippen LogP contribution in [0.5, 0.6) is 0 Å². The summed E-state index contributed by atoms with van der Waals surface area (Å²) in [5, 5.41) is 7.89. The van der Waals surface area contributed by atoms with Crippen molar-refractivity contribution >= 4 is 55.6 Å². The van der Waals surface area contributed by atoms with Crippen molar-refractivity contribution in [2.45, 2.75) is 13.5 Å². The van der Waals surface area contributed by atoms with Crippen molar-refractivity contribution in [2.75, 3.05) is 16.4 Å². The van der Waals surface area contributed by atoms with Crippen LogP contribution in [0.1, 0.15) is 11.1 Å². The van der Waals surface area contributed by atoms with Gasteiger partial charge in [0.15, 0.2) is 16.8 Å². The molecule has 6 nitrogen and oxygen atoms in total. The molecule has 4 aromatic rings. The van der Waals surface area contributed by atoms with Gasteiger partial charge in [-0.25, -0.2) is 15.0 Å². The average molecular weight is 397 g/mol. The molecule has 0 aliphatic rings. The third-order valence-electron chi connectivity index (χ3n) is 4.10. The molecule has 4 N–H and O–H groups in total. The minimum Gasteiger partial charge on any atom is -0.393 e. The van der Waals surface area contributed by atoms with Crippen LogP contribution in [-0.4, -0.2) is 15.0 Å². The summed E-state index contributed by atoms with van der Waals surface area (Å²) in [6.45, 7) is 2.63. The molecule has 0 bridgehead atoms. The molecule has 0 saturated carbocycles. The van der Waals surface area contributed by atoms with Crippen LogP contribution in [0, 0.1) is 6.92 Å². The lowest BCUT2D eigenvalue weighted by molar-refractivity contribution is 1.09. The molecule has 0 atom stereocenters. The van der Waals surface area contributed by atoms with Crippen molar-refractivity contribution in [1.82, 2.24) is 15.0 Å². The van der Waals surface area contributed by atoms with Gasteiger partial charge in [-0.1, -0.05) is 47.2 Å². The van der Waals surface area contributed by atoms with E-state index in [0.29, 0.717) is 28.9 Å². The Morgan fingerprint density at radius 2 is 1.85 bits per heavy atom. The number of anilines is 4. The topological polar surface area (TPSA) is 88.8 Å². The molecule has 2 aromatic carbocycles. The number of benzene rings is 2. The zero-order valence-electron chi connectivity index (χ0n) is 14.5. The summed E-state index contributed by atoms with van der Waals surface area (Å²) in [4.78, 5) is 13.1. The van der Waals surface area contributed by atoms with Crippen molar-refractivity contribution in [3.8, 4) is 0 Å². The molecule has 0 amide bonds. The fraction of sp³-hybridized carbons (Fsp3) is 0.105. The van der Waals surface area contributed by atoms with Gasteiger partial charge in [0, 0.05) is 11.6 Å². The lowest BCUT2D eigenvalue weighted by Gasteiger charge is -2.11. The summed E-state index contributed by atoms with van der Waals surface area (Å²) >= 11 is 7.48. The Bertz CT molecular complexity index is 1090. The molecule has 0 unspecified atom stereocenters. The van der Waals surface area contributed by atoms with Crippen LogP contribution in [0.4, 0.5) is 22.5 Å². The van der Waals surface area contributed by atoms with Gasteiger partial charge in [0.2, 0.25) is 0 Å². The number of hydrogen-bond acceptors (Lipinski definition) is 7. The maximum absolute atomic E-state index is 6.25. The smallest absolute Gasteiger partial charge is 0.189 e. The molecular formula is C19H17ClN6S. The van der Waals surface area contributed by atoms with Gasteiger partial charge < -0.3 is 16.4 Å². The highest BCUT2D eigenvalue weighted by Gasteiger charge is 2.11. The van der Waals surface area contributed by atoms with Gasteiger partial charge in [0.1, 0.15) is 12.0 Å². The zero-order valence-corrected chi connectivity index (χ0v) is 16.1. The van der Waals surface area contributed by atoms with Crippen molar-refractivity contribution in [1.29, 1.82) is 0 Å². The minimum absolute atomic E-state index is 0.447. The van der Waals surface area contributed by atoms with Crippen LogP contribution in [0.3, 0.4) is 0 Å². The normalized spacial score (nSPS) is 10.9. The van der Waals surface area contributed by atoms with Gasteiger partial charge in [-0.3, -0.25) is 0 Å². The van der Waals surface area contributed by atoms with Gasteiger partial charge in [-0.15, -0.1) is 0 Å². The van der Waals surface area contributed by atoms with E-state index >= 15 is 0 Å². The molecule has 0 spiro atoms. The van der Waals surface area contributed by atoms with E-state index in [1.807, 2.05) is 49.4 Å². The molecule has 4 rings (SSSR count). The second-order valence-electron chi connectivity index (χ2n) is 6.03. The molecule has 2 heterocycles. The minimum atomic E-state index is 0.447. The Balaban J connectivity index is 1.54. The number of nitrogens with two attached hydrogens (primary N) is 1. The molecule has 0 fully saturated rings. The van der Waals surface area contributed by atoms with Crippen LogP contribution in [0.25, 0.3) is 10.2 Å². The number of nitrogens with one attached hydrogen (secondary N) is 2. The molecule has 2 aromatic heterocycles. The number of aromatic nitrogens is 3. The Hall–Kier alpha value is -2.90. The lowest BCUT2D eigenvalue weighted by atomic mass is 10.2. The molecule has 136 valence electrons. The van der Waals surface area contributed by atoms with Gasteiger partial charge in [-0.2, -0.15) is 0 Å². The summed E-state index contributed by atoms with van der Waals surface area (Å²) in [6.07, 6.45) is 1.47. The number of fused-ring (bicyclic) bond motifs is 1. The number of halogens is 1. The van der Waals surface area contributed by atoms with E-state index in [1.165, 1.54) is 6.33 Å². The predicted octanol–water partition coefficient (Wildman–Crippen LogP) is 4.99. The molecule has 8 heteroatoms. The molecule has 0 aliphatic carbocycles. The quantitative estimate of drug-likeness (QED) is 0.440. The first-order valence-electron chi connectivity index (χ1n) is 8.32. The molecule has 27 heavy (non-hydrogen) atoms. The van der Waals surface area contributed by atoms with Crippen LogP contribution >= 0.6 is 22.9 Å². The van der Waals surface area contributed by atoms with Gasteiger partial charge in [0.25, 0.3) is 0 Å². The molecule has 0 aliphatic heterocycles. The van der Waals surface area contributed by atoms with Crippen molar-refractivity contribution < 1.29 is 0 Å². The third kappa shape index (κ3) is 3.79. The highest BCUT2D eigenvalue weighted by molar-refractivity contribution is 7.22. The highest BCUT2D eigenvalue weighted by atomic mass is 35.5. The summed E-state index contributed by atoms with van der Waals surface area (Å²) in [5.41, 5.74) is 9.90. The van der Waals surface area contributed by atoms with E-state index in [2.05, 4.69) is 25.6 Å². The fourth-order valence-corrected chi connectivity index (χ4v) is 3.73. The zero-order chi connectivity index (χ0) is 18.8. The SMILES string of the molecule is Cc1cccc2sc(Nc3ncnc(NCc4ccc(Cl)cc4)c3N)nc12. The highest BCUT2D eigenvalue weighted by Crippen LogP contribution is 2.32. The van der Waals surface area contributed by atoms with E-state index < -0.39 is 0 Å². The van der Waals surface area contributed by atoms with Gasteiger partial charge >= 0.3 is 0 Å². The number of nitrogens with zero attached hydrogens (tertiary/aromatic N) is 3. The van der Waals surface area contributed by atoms with Crippen LogP contribution < -0.4 is 16.4 Å². The summed E-state index contributed by atoms with van der Waals surface area (Å²) in [6, 6.07) is 13.7. The van der Waals surface area contributed by atoms with E-state index in [4.69, 9.17) is 17.3 Å². The van der Waals surface area contributed by atoms with E-state index in [1.54, 1.807) is 11.3 Å². The summed E-state index contributed by atoms with van der Waals surface area (Å²) < 4.78 is 1.12. The largest absolute Gasteiger partial charge is 0.393 e.